The summed E-state index contributed by atoms with van der Waals surface area (Å²) < 4.78 is 4.95. The molecule has 0 aliphatic heterocycles. The van der Waals surface area contributed by atoms with Gasteiger partial charge in [-0.15, -0.1) is 0 Å². The van der Waals surface area contributed by atoms with Crippen LogP contribution < -0.4 is 11.1 Å². The van der Waals surface area contributed by atoms with Gasteiger partial charge in [0, 0.05) is 19.2 Å². The zero-order valence-corrected chi connectivity index (χ0v) is 8.08. The van der Waals surface area contributed by atoms with E-state index < -0.39 is 0 Å². The molecule has 1 unspecified atom stereocenters. The van der Waals surface area contributed by atoms with Crippen molar-refractivity contribution in [1.29, 1.82) is 0 Å². The molecule has 13 heavy (non-hydrogen) atoms. The summed E-state index contributed by atoms with van der Waals surface area (Å²) >= 11 is 0. The SMILES string of the molecule is CCOCC(=O)NCC(N)C1CC1. The van der Waals surface area contributed by atoms with Crippen LogP contribution in [0.3, 0.4) is 0 Å². The minimum Gasteiger partial charge on any atom is -0.372 e. The lowest BCUT2D eigenvalue weighted by Gasteiger charge is -2.11. The highest BCUT2D eigenvalue weighted by Crippen LogP contribution is 2.31. The summed E-state index contributed by atoms with van der Waals surface area (Å²) in [6.45, 7) is 3.16. The standard InChI is InChI=1S/C9H18N2O2/c1-2-13-6-9(12)11-5-8(10)7-3-4-7/h7-8H,2-6,10H2,1H3,(H,11,12). The van der Waals surface area contributed by atoms with E-state index in [0.717, 1.165) is 0 Å². The van der Waals surface area contributed by atoms with Crippen molar-refractivity contribution in [3.63, 3.8) is 0 Å². The lowest BCUT2D eigenvalue weighted by atomic mass is 10.2. The number of hydrogen-bond acceptors (Lipinski definition) is 3. The van der Waals surface area contributed by atoms with Crippen LogP contribution in [0, 0.1) is 5.92 Å². The second-order valence-corrected chi connectivity index (χ2v) is 3.44. The fourth-order valence-electron chi connectivity index (χ4n) is 1.17. The smallest absolute Gasteiger partial charge is 0.246 e. The first-order valence-corrected chi connectivity index (χ1v) is 4.84. The molecule has 0 bridgehead atoms. The van der Waals surface area contributed by atoms with Crippen molar-refractivity contribution >= 4 is 5.91 Å². The predicted molar refractivity (Wildman–Crippen MR) is 50.2 cm³/mol. The molecule has 1 atom stereocenters. The van der Waals surface area contributed by atoms with Crippen LogP contribution in [0.5, 0.6) is 0 Å². The average molecular weight is 186 g/mol. The summed E-state index contributed by atoms with van der Waals surface area (Å²) in [6, 6.07) is 0.130. The highest BCUT2D eigenvalue weighted by Gasteiger charge is 2.28. The third-order valence-electron chi connectivity index (χ3n) is 2.20. The van der Waals surface area contributed by atoms with Gasteiger partial charge in [0.25, 0.3) is 0 Å². The third-order valence-corrected chi connectivity index (χ3v) is 2.20. The fourth-order valence-corrected chi connectivity index (χ4v) is 1.17. The molecule has 4 heteroatoms. The second-order valence-electron chi connectivity index (χ2n) is 3.44. The zero-order chi connectivity index (χ0) is 9.68. The van der Waals surface area contributed by atoms with E-state index >= 15 is 0 Å². The van der Waals surface area contributed by atoms with E-state index in [1.54, 1.807) is 0 Å². The van der Waals surface area contributed by atoms with E-state index in [4.69, 9.17) is 10.5 Å². The Hall–Kier alpha value is -0.610. The van der Waals surface area contributed by atoms with Crippen molar-refractivity contribution in [2.24, 2.45) is 11.7 Å². The van der Waals surface area contributed by atoms with E-state index in [2.05, 4.69) is 5.32 Å². The van der Waals surface area contributed by atoms with Crippen LogP contribution in [0.4, 0.5) is 0 Å². The number of ether oxygens (including phenoxy) is 1. The Balaban J connectivity index is 2.00. The lowest BCUT2D eigenvalue weighted by Crippen LogP contribution is -2.40. The predicted octanol–water partition coefficient (Wildman–Crippen LogP) is -0.124. The first-order valence-electron chi connectivity index (χ1n) is 4.84. The monoisotopic (exact) mass is 186 g/mol. The molecule has 0 aromatic rings. The number of nitrogens with one attached hydrogen (secondary N) is 1. The largest absolute Gasteiger partial charge is 0.372 e. The van der Waals surface area contributed by atoms with E-state index in [0.29, 0.717) is 19.1 Å². The average Bonchev–Trinajstić information content (AvgIpc) is 2.93. The van der Waals surface area contributed by atoms with Crippen LogP contribution in [0.15, 0.2) is 0 Å². The van der Waals surface area contributed by atoms with Gasteiger partial charge in [-0.1, -0.05) is 0 Å². The molecule has 1 aliphatic rings. The first-order chi connectivity index (χ1) is 6.24. The van der Waals surface area contributed by atoms with Crippen molar-refractivity contribution in [3.8, 4) is 0 Å². The van der Waals surface area contributed by atoms with Gasteiger partial charge in [0.15, 0.2) is 0 Å². The number of carbonyl (C=O) groups excluding carboxylic acids is 1. The minimum atomic E-state index is -0.0713. The Morgan fingerprint density at radius 3 is 2.92 bits per heavy atom. The number of rotatable bonds is 6. The Bertz CT molecular complexity index is 169. The molecule has 0 spiro atoms. The van der Waals surface area contributed by atoms with Gasteiger partial charge in [-0.25, -0.2) is 0 Å². The summed E-state index contributed by atoms with van der Waals surface area (Å²) in [5, 5.41) is 2.75. The molecule has 1 amide bonds. The summed E-state index contributed by atoms with van der Waals surface area (Å²) in [6.07, 6.45) is 2.42. The zero-order valence-electron chi connectivity index (χ0n) is 8.08. The van der Waals surface area contributed by atoms with Gasteiger partial charge >= 0.3 is 0 Å². The first kappa shape index (κ1) is 10.5. The van der Waals surface area contributed by atoms with Gasteiger partial charge in [-0.05, 0) is 25.7 Å². The van der Waals surface area contributed by atoms with Gasteiger partial charge in [0.2, 0.25) is 5.91 Å². The molecule has 3 N–H and O–H groups in total. The normalized spacial score (nSPS) is 18.3. The molecule has 1 aliphatic carbocycles. The van der Waals surface area contributed by atoms with Gasteiger partial charge in [-0.2, -0.15) is 0 Å². The molecule has 1 fully saturated rings. The quantitative estimate of drug-likeness (QED) is 0.607. The Kier molecular flexibility index (Phi) is 4.18. The highest BCUT2D eigenvalue weighted by atomic mass is 16.5. The molecule has 0 aromatic heterocycles. The van der Waals surface area contributed by atoms with Crippen LogP contribution in [-0.4, -0.2) is 31.7 Å². The van der Waals surface area contributed by atoms with Gasteiger partial charge in [0.05, 0.1) is 0 Å². The number of hydrogen-bond donors (Lipinski definition) is 2. The van der Waals surface area contributed by atoms with Crippen molar-refractivity contribution < 1.29 is 9.53 Å². The molecular weight excluding hydrogens is 168 g/mol. The van der Waals surface area contributed by atoms with Crippen molar-refractivity contribution in [1.82, 2.24) is 5.32 Å². The van der Waals surface area contributed by atoms with E-state index in [-0.39, 0.29) is 18.6 Å². The topological polar surface area (TPSA) is 64.3 Å². The number of carbonyl (C=O) groups is 1. The van der Waals surface area contributed by atoms with Gasteiger partial charge < -0.3 is 15.8 Å². The number of amides is 1. The fraction of sp³-hybridized carbons (Fsp3) is 0.889. The Morgan fingerprint density at radius 1 is 1.69 bits per heavy atom. The number of nitrogens with two attached hydrogens (primary N) is 1. The molecule has 4 nitrogen and oxygen atoms in total. The maximum absolute atomic E-state index is 11.1. The third kappa shape index (κ3) is 4.24. The van der Waals surface area contributed by atoms with Crippen molar-refractivity contribution in [3.05, 3.63) is 0 Å². The van der Waals surface area contributed by atoms with Crippen LogP contribution in [0.25, 0.3) is 0 Å². The van der Waals surface area contributed by atoms with E-state index in [9.17, 15) is 4.79 Å². The molecule has 0 saturated heterocycles. The molecule has 0 aromatic carbocycles. The second kappa shape index (κ2) is 5.19. The van der Waals surface area contributed by atoms with E-state index in [1.165, 1.54) is 12.8 Å². The van der Waals surface area contributed by atoms with E-state index in [1.807, 2.05) is 6.92 Å². The maximum Gasteiger partial charge on any atom is 0.246 e. The summed E-state index contributed by atoms with van der Waals surface area (Å²) in [5.74, 6) is 0.561. The Labute approximate surface area is 78.8 Å². The lowest BCUT2D eigenvalue weighted by molar-refractivity contribution is -0.125. The van der Waals surface area contributed by atoms with Gasteiger partial charge in [0.1, 0.15) is 6.61 Å². The molecule has 1 saturated carbocycles. The van der Waals surface area contributed by atoms with Crippen molar-refractivity contribution in [2.45, 2.75) is 25.8 Å². The maximum atomic E-state index is 11.1. The van der Waals surface area contributed by atoms with Crippen molar-refractivity contribution in [2.75, 3.05) is 19.8 Å². The van der Waals surface area contributed by atoms with Crippen LogP contribution in [-0.2, 0) is 9.53 Å². The van der Waals surface area contributed by atoms with Crippen LogP contribution >= 0.6 is 0 Å². The van der Waals surface area contributed by atoms with Gasteiger partial charge in [-0.3, -0.25) is 4.79 Å². The minimum absolute atomic E-state index is 0.0713. The molecule has 0 radical (unpaired) electrons. The molecule has 76 valence electrons. The Morgan fingerprint density at radius 2 is 2.38 bits per heavy atom. The highest BCUT2D eigenvalue weighted by molar-refractivity contribution is 5.77. The molecule has 0 heterocycles. The summed E-state index contributed by atoms with van der Waals surface area (Å²) in [7, 11) is 0. The van der Waals surface area contributed by atoms with Crippen LogP contribution in [0.1, 0.15) is 19.8 Å². The molecular formula is C9H18N2O2. The summed E-state index contributed by atoms with van der Waals surface area (Å²) in [5.41, 5.74) is 5.80. The van der Waals surface area contributed by atoms with Crippen LogP contribution in [0.2, 0.25) is 0 Å². The summed E-state index contributed by atoms with van der Waals surface area (Å²) in [4.78, 5) is 11.1. The molecule has 1 rings (SSSR count).